The molecule has 0 heterocycles. The second-order valence-electron chi connectivity index (χ2n) is 5.13. The van der Waals surface area contributed by atoms with Crippen molar-refractivity contribution in [2.75, 3.05) is 0 Å². The molecular weight excluding hydrogens is 298 g/mol. The van der Waals surface area contributed by atoms with Crippen molar-refractivity contribution in [3.05, 3.63) is 33.3 Å². The molecule has 0 radical (unpaired) electrons. The Hall–Kier alpha value is -0.0500. The monoisotopic (exact) mass is 315 g/mol. The van der Waals surface area contributed by atoms with E-state index in [0.717, 1.165) is 15.4 Å². The first-order valence-electron chi connectivity index (χ1n) is 6.27. The molecule has 1 aliphatic rings. The van der Waals surface area contributed by atoms with E-state index in [1.165, 1.54) is 24.8 Å². The van der Waals surface area contributed by atoms with Gasteiger partial charge in [-0.15, -0.1) is 0 Å². The van der Waals surface area contributed by atoms with Crippen LogP contribution in [0.3, 0.4) is 0 Å². The van der Waals surface area contributed by atoms with Gasteiger partial charge in [0.25, 0.3) is 0 Å². The Morgan fingerprint density at radius 1 is 1.41 bits per heavy atom. The zero-order chi connectivity index (χ0) is 12.4. The quantitative estimate of drug-likeness (QED) is 0.811. The molecule has 1 aliphatic carbocycles. The van der Waals surface area contributed by atoms with Crippen molar-refractivity contribution in [2.24, 2.45) is 5.92 Å². The van der Waals surface area contributed by atoms with E-state index in [-0.39, 0.29) is 0 Å². The smallest absolute Gasteiger partial charge is 0.0464 e. The van der Waals surface area contributed by atoms with Crippen molar-refractivity contribution in [3.8, 4) is 0 Å². The van der Waals surface area contributed by atoms with E-state index in [1.54, 1.807) is 0 Å². The molecule has 2 unspecified atom stereocenters. The third-order valence-corrected chi connectivity index (χ3v) is 4.17. The third-order valence-electron chi connectivity index (χ3n) is 3.35. The Kier molecular flexibility index (Phi) is 4.51. The molecule has 1 fully saturated rings. The lowest BCUT2D eigenvalue weighted by molar-refractivity contribution is 0.438. The molecule has 0 amide bonds. The van der Waals surface area contributed by atoms with Crippen LogP contribution in [0, 0.1) is 5.92 Å². The van der Waals surface area contributed by atoms with Crippen molar-refractivity contribution in [2.45, 2.75) is 45.2 Å². The van der Waals surface area contributed by atoms with E-state index in [2.05, 4.69) is 41.2 Å². The van der Waals surface area contributed by atoms with Gasteiger partial charge in [-0.3, -0.25) is 0 Å². The van der Waals surface area contributed by atoms with Gasteiger partial charge in [0.05, 0.1) is 0 Å². The Balaban J connectivity index is 1.95. The lowest BCUT2D eigenvalue weighted by Gasteiger charge is -2.21. The van der Waals surface area contributed by atoms with E-state index in [9.17, 15) is 0 Å². The third kappa shape index (κ3) is 3.97. The van der Waals surface area contributed by atoms with Crippen LogP contribution in [0.5, 0.6) is 0 Å². The fraction of sp³-hybridized carbons (Fsp3) is 0.571. The first kappa shape index (κ1) is 13.4. The van der Waals surface area contributed by atoms with Gasteiger partial charge in [-0.25, -0.2) is 0 Å². The number of rotatable bonds is 5. The van der Waals surface area contributed by atoms with Crippen LogP contribution in [0.2, 0.25) is 5.02 Å². The van der Waals surface area contributed by atoms with Crippen molar-refractivity contribution < 1.29 is 0 Å². The van der Waals surface area contributed by atoms with Gasteiger partial charge < -0.3 is 5.32 Å². The Morgan fingerprint density at radius 2 is 2.12 bits per heavy atom. The molecular formula is C14H19BrClN. The lowest BCUT2D eigenvalue weighted by Crippen LogP contribution is -2.29. The van der Waals surface area contributed by atoms with Gasteiger partial charge >= 0.3 is 0 Å². The molecule has 1 saturated carbocycles. The molecule has 2 atom stereocenters. The van der Waals surface area contributed by atoms with Crippen molar-refractivity contribution >= 4 is 27.5 Å². The molecule has 1 aromatic carbocycles. The second kappa shape index (κ2) is 5.73. The normalized spacial score (nSPS) is 19.1. The van der Waals surface area contributed by atoms with Crippen molar-refractivity contribution in [1.82, 2.24) is 5.32 Å². The summed E-state index contributed by atoms with van der Waals surface area (Å²) in [5.74, 6) is 0.963. The summed E-state index contributed by atoms with van der Waals surface area (Å²) >= 11 is 9.69. The number of halogens is 2. The summed E-state index contributed by atoms with van der Waals surface area (Å²) in [5.41, 5.74) is 1.18. The summed E-state index contributed by atoms with van der Waals surface area (Å²) in [6, 6.07) is 6.97. The van der Waals surface area contributed by atoms with E-state index in [4.69, 9.17) is 11.6 Å². The van der Waals surface area contributed by atoms with Crippen LogP contribution in [0.25, 0.3) is 0 Å². The highest BCUT2D eigenvalue weighted by molar-refractivity contribution is 9.10. The van der Waals surface area contributed by atoms with E-state index >= 15 is 0 Å². The molecule has 94 valence electrons. The van der Waals surface area contributed by atoms with Gasteiger partial charge in [0.15, 0.2) is 0 Å². The maximum absolute atomic E-state index is 6.26. The van der Waals surface area contributed by atoms with Crippen molar-refractivity contribution in [1.29, 1.82) is 0 Å². The Morgan fingerprint density at radius 3 is 2.71 bits per heavy atom. The predicted octanol–water partition coefficient (Wildman–Crippen LogP) is 4.94. The minimum atomic E-state index is 0.310. The summed E-state index contributed by atoms with van der Waals surface area (Å²) in [5, 5.41) is 4.46. The highest BCUT2D eigenvalue weighted by atomic mass is 79.9. The summed E-state index contributed by atoms with van der Waals surface area (Å²) in [6.07, 6.45) is 4.12. The van der Waals surface area contributed by atoms with Crippen LogP contribution in [0.4, 0.5) is 0 Å². The first-order chi connectivity index (χ1) is 8.06. The summed E-state index contributed by atoms with van der Waals surface area (Å²) in [6.45, 7) is 4.44. The molecule has 1 aromatic rings. The Labute approximate surface area is 117 Å². The zero-order valence-electron chi connectivity index (χ0n) is 10.3. The lowest BCUT2D eigenvalue weighted by atomic mass is 10.1. The highest BCUT2D eigenvalue weighted by Gasteiger charge is 2.24. The minimum absolute atomic E-state index is 0.310. The highest BCUT2D eigenvalue weighted by Crippen LogP contribution is 2.34. The average molecular weight is 317 g/mol. The van der Waals surface area contributed by atoms with Crippen LogP contribution in [0.15, 0.2) is 22.7 Å². The van der Waals surface area contributed by atoms with E-state index < -0.39 is 0 Å². The molecule has 17 heavy (non-hydrogen) atoms. The average Bonchev–Trinajstić information content (AvgIpc) is 3.00. The SMILES string of the molecule is CC(CC1CC1)NC(C)c1ccc(Br)cc1Cl. The van der Waals surface area contributed by atoms with Gasteiger partial charge in [-0.2, -0.15) is 0 Å². The van der Waals surface area contributed by atoms with E-state index in [0.29, 0.717) is 12.1 Å². The van der Waals surface area contributed by atoms with Gasteiger partial charge in [0, 0.05) is 21.6 Å². The predicted molar refractivity (Wildman–Crippen MR) is 77.5 cm³/mol. The molecule has 1 nitrogen and oxygen atoms in total. The fourth-order valence-corrected chi connectivity index (χ4v) is 3.13. The zero-order valence-corrected chi connectivity index (χ0v) is 12.7. The standard InChI is InChI=1S/C14H19BrClN/c1-9(7-11-3-4-11)17-10(2)13-6-5-12(15)8-14(13)16/h5-6,8-11,17H,3-4,7H2,1-2H3. The molecule has 0 spiro atoms. The molecule has 0 aliphatic heterocycles. The maximum Gasteiger partial charge on any atom is 0.0464 e. The second-order valence-corrected chi connectivity index (χ2v) is 6.46. The number of benzene rings is 1. The van der Waals surface area contributed by atoms with Crippen LogP contribution < -0.4 is 5.32 Å². The largest absolute Gasteiger partial charge is 0.308 e. The van der Waals surface area contributed by atoms with Crippen LogP contribution in [-0.4, -0.2) is 6.04 Å². The first-order valence-corrected chi connectivity index (χ1v) is 7.44. The van der Waals surface area contributed by atoms with Gasteiger partial charge in [0.1, 0.15) is 0 Å². The maximum atomic E-state index is 6.26. The van der Waals surface area contributed by atoms with Crippen molar-refractivity contribution in [3.63, 3.8) is 0 Å². The summed E-state index contributed by atoms with van der Waals surface area (Å²) in [4.78, 5) is 0. The van der Waals surface area contributed by atoms with Crippen LogP contribution in [0.1, 0.15) is 44.7 Å². The van der Waals surface area contributed by atoms with Crippen LogP contribution >= 0.6 is 27.5 Å². The van der Waals surface area contributed by atoms with E-state index in [1.807, 2.05) is 12.1 Å². The minimum Gasteiger partial charge on any atom is -0.308 e. The number of nitrogens with one attached hydrogen (secondary N) is 1. The topological polar surface area (TPSA) is 12.0 Å². The molecule has 0 bridgehead atoms. The van der Waals surface area contributed by atoms with Gasteiger partial charge in [-0.05, 0) is 43.9 Å². The summed E-state index contributed by atoms with van der Waals surface area (Å²) < 4.78 is 1.03. The summed E-state index contributed by atoms with van der Waals surface area (Å²) in [7, 11) is 0. The van der Waals surface area contributed by atoms with Crippen LogP contribution in [-0.2, 0) is 0 Å². The van der Waals surface area contributed by atoms with Gasteiger partial charge in [-0.1, -0.05) is 46.4 Å². The molecule has 1 N–H and O–H groups in total. The number of hydrogen-bond acceptors (Lipinski definition) is 1. The number of hydrogen-bond donors (Lipinski definition) is 1. The molecule has 0 saturated heterocycles. The fourth-order valence-electron chi connectivity index (χ4n) is 2.29. The molecule has 3 heteroatoms. The molecule has 2 rings (SSSR count). The Bertz CT molecular complexity index is 390. The van der Waals surface area contributed by atoms with Gasteiger partial charge in [0.2, 0.25) is 0 Å². The molecule has 0 aromatic heterocycles.